The van der Waals surface area contributed by atoms with Crippen LogP contribution >= 0.6 is 11.6 Å². The molecule has 0 radical (unpaired) electrons. The van der Waals surface area contributed by atoms with Crippen molar-refractivity contribution in [3.63, 3.8) is 0 Å². The van der Waals surface area contributed by atoms with Crippen molar-refractivity contribution in [1.82, 2.24) is 0 Å². The smallest absolute Gasteiger partial charge is 0.324 e. The van der Waals surface area contributed by atoms with Gasteiger partial charge in [0.1, 0.15) is 16.4 Å². The minimum absolute atomic E-state index is 0.0688. The molecule has 0 aliphatic heterocycles. The summed E-state index contributed by atoms with van der Waals surface area (Å²) in [6.07, 6.45) is 0.896. The number of hydrogen-bond acceptors (Lipinski definition) is 7. The number of halogens is 1. The van der Waals surface area contributed by atoms with Gasteiger partial charge in [0.2, 0.25) is 0 Å². The number of rotatable bonds is 6. The molecule has 3 rings (SSSR count). The van der Waals surface area contributed by atoms with Crippen LogP contribution in [0.25, 0.3) is 10.8 Å². The number of nitro groups is 1. The number of carbonyl (C=O) groups excluding carboxylic acids is 1. The summed E-state index contributed by atoms with van der Waals surface area (Å²) in [6, 6.07) is 13.4. The minimum atomic E-state index is -3.70. The van der Waals surface area contributed by atoms with Crippen molar-refractivity contribution in [1.29, 1.82) is 0 Å². The number of carbonyl (C=O) groups is 1. The first-order chi connectivity index (χ1) is 14.1. The number of esters is 1. The molecule has 0 saturated heterocycles. The molecular weight excluding hydrogens is 454 g/mol. The maximum atomic E-state index is 12.6. The third-order valence-corrected chi connectivity index (χ3v) is 6.93. The molecule has 30 heavy (non-hydrogen) atoms. The molecular formula is C19H14ClNO7S2. The number of nitro benzene ring substituents is 1. The minimum Gasteiger partial charge on any atom is -0.424 e. The van der Waals surface area contributed by atoms with E-state index in [2.05, 4.69) is 0 Å². The normalized spacial score (nSPS) is 12.5. The van der Waals surface area contributed by atoms with Crippen LogP contribution in [0.1, 0.15) is 0 Å². The highest BCUT2D eigenvalue weighted by molar-refractivity contribution is 7.90. The maximum Gasteiger partial charge on any atom is 0.324 e. The van der Waals surface area contributed by atoms with Gasteiger partial charge in [-0.15, -0.1) is 0 Å². The third-order valence-electron chi connectivity index (χ3n) is 4.10. The third kappa shape index (κ3) is 4.66. The lowest BCUT2D eigenvalue weighted by molar-refractivity contribution is -0.388. The lowest BCUT2D eigenvalue weighted by Crippen LogP contribution is -2.18. The predicted molar refractivity (Wildman–Crippen MR) is 112 cm³/mol. The number of ether oxygens (including phenoxy) is 1. The van der Waals surface area contributed by atoms with E-state index in [9.17, 15) is 27.5 Å². The first kappa shape index (κ1) is 21.9. The summed E-state index contributed by atoms with van der Waals surface area (Å²) in [7, 11) is -5.84. The van der Waals surface area contributed by atoms with Crippen molar-refractivity contribution in [3.05, 3.63) is 69.7 Å². The predicted octanol–water partition coefficient (Wildman–Crippen LogP) is 3.52. The van der Waals surface area contributed by atoms with Crippen LogP contribution in [0.5, 0.6) is 5.75 Å². The zero-order valence-corrected chi connectivity index (χ0v) is 17.8. The number of fused-ring (bicyclic) bond motifs is 1. The van der Waals surface area contributed by atoms with Crippen LogP contribution in [0.15, 0.2) is 64.4 Å². The van der Waals surface area contributed by atoms with Gasteiger partial charge in [0, 0.05) is 17.7 Å². The molecule has 0 spiro atoms. The fraction of sp³-hybridized carbons (Fsp3) is 0.105. The van der Waals surface area contributed by atoms with E-state index in [1.165, 1.54) is 6.07 Å². The summed E-state index contributed by atoms with van der Waals surface area (Å²) in [5.41, 5.74) is -0.659. The SMILES string of the molecule is CS(=O)(=O)c1ccc(S(=O)CC(=O)Oc2ccc3ccccc3c2Cl)c([N+](=O)[O-])c1. The molecule has 0 aliphatic carbocycles. The monoisotopic (exact) mass is 467 g/mol. The Morgan fingerprint density at radius 2 is 1.87 bits per heavy atom. The van der Waals surface area contributed by atoms with E-state index < -0.39 is 43.0 Å². The molecule has 1 unspecified atom stereocenters. The molecule has 1 atom stereocenters. The summed E-state index contributed by atoms with van der Waals surface area (Å²) in [5.74, 6) is -1.52. The highest BCUT2D eigenvalue weighted by Crippen LogP contribution is 2.33. The second kappa shape index (κ2) is 8.50. The van der Waals surface area contributed by atoms with Gasteiger partial charge in [-0.05, 0) is 23.6 Å². The van der Waals surface area contributed by atoms with Crippen LogP contribution in [0, 0.1) is 10.1 Å². The van der Waals surface area contributed by atoms with Gasteiger partial charge in [0.15, 0.2) is 9.84 Å². The summed E-state index contributed by atoms with van der Waals surface area (Å²) in [4.78, 5) is 22.1. The van der Waals surface area contributed by atoms with Gasteiger partial charge in [-0.2, -0.15) is 0 Å². The van der Waals surface area contributed by atoms with Gasteiger partial charge in [0.05, 0.1) is 25.6 Å². The van der Waals surface area contributed by atoms with Crippen molar-refractivity contribution in [2.75, 3.05) is 12.0 Å². The quantitative estimate of drug-likeness (QED) is 0.235. The molecule has 0 fully saturated rings. The van der Waals surface area contributed by atoms with Crippen molar-refractivity contribution < 1.29 is 27.1 Å². The zero-order chi connectivity index (χ0) is 22.1. The van der Waals surface area contributed by atoms with E-state index in [1.807, 2.05) is 12.1 Å². The molecule has 0 saturated carbocycles. The second-order valence-electron chi connectivity index (χ2n) is 6.22. The van der Waals surface area contributed by atoms with E-state index in [-0.39, 0.29) is 20.6 Å². The topological polar surface area (TPSA) is 121 Å². The highest BCUT2D eigenvalue weighted by Gasteiger charge is 2.25. The van der Waals surface area contributed by atoms with Crippen LogP contribution in [0.2, 0.25) is 5.02 Å². The van der Waals surface area contributed by atoms with Crippen LogP contribution in [-0.4, -0.2) is 35.5 Å². The summed E-state index contributed by atoms with van der Waals surface area (Å²) in [6.45, 7) is 0. The Kier molecular flexibility index (Phi) is 6.20. The van der Waals surface area contributed by atoms with Gasteiger partial charge in [-0.1, -0.05) is 41.9 Å². The molecule has 3 aromatic rings. The van der Waals surface area contributed by atoms with E-state index in [0.717, 1.165) is 29.8 Å². The lowest BCUT2D eigenvalue weighted by atomic mass is 10.1. The Morgan fingerprint density at radius 1 is 1.17 bits per heavy atom. The highest BCUT2D eigenvalue weighted by atomic mass is 35.5. The molecule has 0 heterocycles. The number of nitrogens with zero attached hydrogens (tertiary/aromatic N) is 1. The molecule has 0 aromatic heterocycles. The van der Waals surface area contributed by atoms with Crippen LogP contribution < -0.4 is 4.74 Å². The Labute approximate surface area is 178 Å². The van der Waals surface area contributed by atoms with Crippen molar-refractivity contribution in [2.45, 2.75) is 9.79 Å². The van der Waals surface area contributed by atoms with E-state index in [1.54, 1.807) is 18.2 Å². The largest absolute Gasteiger partial charge is 0.424 e. The average molecular weight is 468 g/mol. The molecule has 0 N–H and O–H groups in total. The number of benzene rings is 3. The number of sulfone groups is 1. The van der Waals surface area contributed by atoms with Crippen molar-refractivity contribution >= 4 is 54.7 Å². The molecule has 8 nitrogen and oxygen atoms in total. The van der Waals surface area contributed by atoms with Gasteiger partial charge >= 0.3 is 5.97 Å². The fourth-order valence-corrected chi connectivity index (χ4v) is 4.62. The Balaban J connectivity index is 1.83. The van der Waals surface area contributed by atoms with E-state index >= 15 is 0 Å². The zero-order valence-electron chi connectivity index (χ0n) is 15.4. The van der Waals surface area contributed by atoms with Gasteiger partial charge in [-0.25, -0.2) is 8.42 Å². The molecule has 11 heteroatoms. The first-order valence-electron chi connectivity index (χ1n) is 8.32. The molecule has 156 valence electrons. The maximum absolute atomic E-state index is 12.6. The average Bonchev–Trinajstić information content (AvgIpc) is 2.69. The Morgan fingerprint density at radius 3 is 2.53 bits per heavy atom. The second-order valence-corrected chi connectivity index (χ2v) is 10.0. The molecule has 3 aromatic carbocycles. The van der Waals surface area contributed by atoms with Gasteiger partial charge in [-0.3, -0.25) is 19.1 Å². The lowest BCUT2D eigenvalue weighted by Gasteiger charge is -2.09. The van der Waals surface area contributed by atoms with Gasteiger partial charge < -0.3 is 4.74 Å². The van der Waals surface area contributed by atoms with Gasteiger partial charge in [0.25, 0.3) is 5.69 Å². The summed E-state index contributed by atoms with van der Waals surface area (Å²) >= 11 is 6.27. The van der Waals surface area contributed by atoms with Crippen LogP contribution in [0.3, 0.4) is 0 Å². The summed E-state index contributed by atoms with van der Waals surface area (Å²) < 4.78 is 41.0. The Hall–Kier alpha value is -2.82. The first-order valence-corrected chi connectivity index (χ1v) is 11.9. The van der Waals surface area contributed by atoms with Crippen molar-refractivity contribution in [3.8, 4) is 5.75 Å². The Bertz CT molecular complexity index is 1310. The van der Waals surface area contributed by atoms with E-state index in [4.69, 9.17) is 16.3 Å². The molecule has 0 amide bonds. The van der Waals surface area contributed by atoms with Crippen molar-refractivity contribution in [2.24, 2.45) is 0 Å². The van der Waals surface area contributed by atoms with Crippen LogP contribution in [-0.2, 0) is 25.4 Å². The molecule has 0 aliphatic rings. The fourth-order valence-electron chi connectivity index (χ4n) is 2.69. The molecule has 0 bridgehead atoms. The standard InChI is InChI=1S/C19H14ClNO7S2/c1-30(26,27)13-7-9-17(15(10-13)21(23)24)29(25)11-18(22)28-16-8-6-12-4-2-3-5-14(12)19(16)20/h2-10H,11H2,1H3. The van der Waals surface area contributed by atoms with E-state index in [0.29, 0.717) is 5.39 Å². The summed E-state index contributed by atoms with van der Waals surface area (Å²) in [5, 5.41) is 13.0. The van der Waals surface area contributed by atoms with Crippen LogP contribution in [0.4, 0.5) is 5.69 Å². The number of hydrogen-bond donors (Lipinski definition) is 0.